The molecule has 2 unspecified atom stereocenters. The molecule has 1 aliphatic heterocycles. The van der Waals surface area contributed by atoms with Gasteiger partial charge in [-0.1, -0.05) is 13.0 Å². The van der Waals surface area contributed by atoms with Gasteiger partial charge in [-0.15, -0.1) is 0 Å². The predicted molar refractivity (Wildman–Crippen MR) is 82.2 cm³/mol. The summed E-state index contributed by atoms with van der Waals surface area (Å²) in [4.78, 5) is 0. The molecule has 1 fully saturated rings. The van der Waals surface area contributed by atoms with Gasteiger partial charge in [-0.3, -0.25) is 0 Å². The Balaban J connectivity index is 2.30. The minimum Gasteiger partial charge on any atom is -0.497 e. The van der Waals surface area contributed by atoms with Gasteiger partial charge in [0, 0.05) is 18.2 Å². The minimum atomic E-state index is -0.358. The Morgan fingerprint density at radius 1 is 1.43 bits per heavy atom. The molecule has 1 N–H and O–H groups in total. The summed E-state index contributed by atoms with van der Waals surface area (Å²) >= 11 is 0. The van der Waals surface area contributed by atoms with Crippen LogP contribution in [0.15, 0.2) is 18.2 Å². The van der Waals surface area contributed by atoms with Crippen LogP contribution in [-0.2, 0) is 4.74 Å². The van der Waals surface area contributed by atoms with Gasteiger partial charge in [-0.2, -0.15) is 0 Å². The van der Waals surface area contributed by atoms with E-state index in [0.29, 0.717) is 11.3 Å². The monoisotopic (exact) mass is 295 g/mol. The molecule has 1 aliphatic rings. The number of halogens is 1. The Kier molecular flexibility index (Phi) is 5.59. The number of hydrogen-bond donors (Lipinski definition) is 1. The van der Waals surface area contributed by atoms with Gasteiger partial charge in [0.2, 0.25) is 0 Å². The molecule has 0 radical (unpaired) electrons. The summed E-state index contributed by atoms with van der Waals surface area (Å²) < 4.78 is 25.6. The molecular formula is C17H26FNO2. The fourth-order valence-electron chi connectivity index (χ4n) is 3.00. The molecule has 0 bridgehead atoms. The summed E-state index contributed by atoms with van der Waals surface area (Å²) in [5, 5.41) is 3.47. The van der Waals surface area contributed by atoms with Gasteiger partial charge in [0.05, 0.1) is 18.8 Å². The van der Waals surface area contributed by atoms with Crippen molar-refractivity contribution in [3.63, 3.8) is 0 Å². The first kappa shape index (κ1) is 16.2. The van der Waals surface area contributed by atoms with Crippen LogP contribution in [0.3, 0.4) is 0 Å². The molecule has 0 amide bonds. The van der Waals surface area contributed by atoms with E-state index < -0.39 is 0 Å². The lowest BCUT2D eigenvalue weighted by molar-refractivity contribution is -0.0903. The van der Waals surface area contributed by atoms with Gasteiger partial charge in [0.1, 0.15) is 11.6 Å². The largest absolute Gasteiger partial charge is 0.497 e. The summed E-state index contributed by atoms with van der Waals surface area (Å²) in [7, 11) is 1.55. The number of methoxy groups -OCH3 is 1. The second-order valence-electron chi connectivity index (χ2n) is 5.89. The van der Waals surface area contributed by atoms with Crippen molar-refractivity contribution >= 4 is 0 Å². The molecule has 1 aromatic carbocycles. The Labute approximate surface area is 126 Å². The van der Waals surface area contributed by atoms with Crippen molar-refractivity contribution < 1.29 is 13.9 Å². The molecule has 3 nitrogen and oxygen atoms in total. The molecule has 2 atom stereocenters. The highest BCUT2D eigenvalue weighted by Gasteiger charge is 2.38. The third-order valence-corrected chi connectivity index (χ3v) is 4.23. The predicted octanol–water partition coefficient (Wildman–Crippen LogP) is 3.83. The summed E-state index contributed by atoms with van der Waals surface area (Å²) in [6.45, 7) is 5.79. The van der Waals surface area contributed by atoms with Crippen LogP contribution < -0.4 is 10.1 Å². The van der Waals surface area contributed by atoms with E-state index in [0.717, 1.165) is 38.8 Å². The van der Waals surface area contributed by atoms with Crippen LogP contribution in [-0.4, -0.2) is 25.9 Å². The first-order chi connectivity index (χ1) is 10.1. The summed E-state index contributed by atoms with van der Waals surface area (Å²) in [6, 6.07) is 4.93. The maximum Gasteiger partial charge on any atom is 0.131 e. The zero-order valence-corrected chi connectivity index (χ0v) is 13.2. The third kappa shape index (κ3) is 3.74. The molecule has 2 rings (SSSR count). The molecule has 0 aromatic heterocycles. The smallest absolute Gasteiger partial charge is 0.131 e. The number of rotatable bonds is 6. The van der Waals surface area contributed by atoms with Crippen LogP contribution >= 0.6 is 0 Å². The molecule has 1 aromatic rings. The molecule has 0 aliphatic carbocycles. The molecular weight excluding hydrogens is 269 g/mol. The normalized spacial score (nSPS) is 23.8. The maximum absolute atomic E-state index is 14.5. The molecule has 4 heteroatoms. The van der Waals surface area contributed by atoms with Crippen LogP contribution in [0.2, 0.25) is 0 Å². The van der Waals surface area contributed by atoms with E-state index in [1.807, 2.05) is 12.1 Å². The van der Waals surface area contributed by atoms with E-state index in [2.05, 4.69) is 19.2 Å². The number of nitrogens with one attached hydrogen (secondary N) is 1. The lowest BCUT2D eigenvalue weighted by Crippen LogP contribution is -2.46. The van der Waals surface area contributed by atoms with E-state index in [9.17, 15) is 4.39 Å². The van der Waals surface area contributed by atoms with Gasteiger partial charge in [0.25, 0.3) is 0 Å². The SMILES string of the molecule is CCCNC(c1ccc(OC)cc1F)C1(C)CCCCO1. The van der Waals surface area contributed by atoms with Gasteiger partial charge < -0.3 is 14.8 Å². The first-order valence-electron chi connectivity index (χ1n) is 7.81. The lowest BCUT2D eigenvalue weighted by atomic mass is 9.83. The van der Waals surface area contributed by atoms with Crippen LogP contribution in [0.1, 0.15) is 51.1 Å². The second-order valence-corrected chi connectivity index (χ2v) is 5.89. The summed E-state index contributed by atoms with van der Waals surface area (Å²) in [5.74, 6) is 0.304. The van der Waals surface area contributed by atoms with E-state index in [1.54, 1.807) is 7.11 Å². The van der Waals surface area contributed by atoms with Crippen molar-refractivity contribution in [1.29, 1.82) is 0 Å². The topological polar surface area (TPSA) is 30.5 Å². The first-order valence-corrected chi connectivity index (χ1v) is 7.81. The quantitative estimate of drug-likeness (QED) is 0.865. The minimum absolute atomic E-state index is 0.136. The van der Waals surface area contributed by atoms with E-state index >= 15 is 0 Å². The number of hydrogen-bond acceptors (Lipinski definition) is 3. The van der Waals surface area contributed by atoms with Crippen LogP contribution in [0, 0.1) is 5.82 Å². The van der Waals surface area contributed by atoms with Crippen LogP contribution in [0.4, 0.5) is 4.39 Å². The highest BCUT2D eigenvalue weighted by atomic mass is 19.1. The zero-order valence-electron chi connectivity index (χ0n) is 13.2. The Morgan fingerprint density at radius 2 is 2.24 bits per heavy atom. The molecule has 1 saturated heterocycles. The Morgan fingerprint density at radius 3 is 2.81 bits per heavy atom. The van der Waals surface area contributed by atoms with Crippen LogP contribution in [0.5, 0.6) is 5.75 Å². The molecule has 0 saturated carbocycles. The highest BCUT2D eigenvalue weighted by molar-refractivity contribution is 5.32. The van der Waals surface area contributed by atoms with Crippen molar-refractivity contribution in [2.24, 2.45) is 0 Å². The van der Waals surface area contributed by atoms with Gasteiger partial charge in [-0.25, -0.2) is 4.39 Å². The van der Waals surface area contributed by atoms with E-state index in [-0.39, 0.29) is 17.5 Å². The number of ether oxygens (including phenoxy) is 2. The molecule has 1 heterocycles. The van der Waals surface area contributed by atoms with E-state index in [1.165, 1.54) is 6.07 Å². The average Bonchev–Trinajstić information content (AvgIpc) is 2.49. The van der Waals surface area contributed by atoms with E-state index in [4.69, 9.17) is 9.47 Å². The summed E-state index contributed by atoms with van der Waals surface area (Å²) in [6.07, 6.45) is 4.16. The van der Waals surface area contributed by atoms with Crippen molar-refractivity contribution in [3.05, 3.63) is 29.6 Å². The fourth-order valence-corrected chi connectivity index (χ4v) is 3.00. The average molecular weight is 295 g/mol. The van der Waals surface area contributed by atoms with Gasteiger partial charge in [-0.05, 0) is 45.2 Å². The number of benzene rings is 1. The van der Waals surface area contributed by atoms with Gasteiger partial charge in [0.15, 0.2) is 0 Å². The zero-order chi connectivity index (χ0) is 15.3. The molecule has 118 valence electrons. The van der Waals surface area contributed by atoms with Crippen molar-refractivity contribution in [2.45, 2.75) is 51.2 Å². The van der Waals surface area contributed by atoms with Crippen molar-refractivity contribution in [1.82, 2.24) is 5.32 Å². The van der Waals surface area contributed by atoms with Gasteiger partial charge >= 0.3 is 0 Å². The highest BCUT2D eigenvalue weighted by Crippen LogP contribution is 2.38. The van der Waals surface area contributed by atoms with Crippen molar-refractivity contribution in [3.8, 4) is 5.75 Å². The Bertz CT molecular complexity index is 458. The fraction of sp³-hybridized carbons (Fsp3) is 0.647. The van der Waals surface area contributed by atoms with Crippen molar-refractivity contribution in [2.75, 3.05) is 20.3 Å². The Hall–Kier alpha value is -1.13. The third-order valence-electron chi connectivity index (χ3n) is 4.23. The molecule has 0 spiro atoms. The lowest BCUT2D eigenvalue weighted by Gasteiger charge is -2.41. The maximum atomic E-state index is 14.5. The second kappa shape index (κ2) is 7.23. The summed E-state index contributed by atoms with van der Waals surface area (Å²) in [5.41, 5.74) is 0.303. The van der Waals surface area contributed by atoms with Crippen LogP contribution in [0.25, 0.3) is 0 Å². The standard InChI is InChI=1S/C17H26FNO2/c1-4-10-19-16(17(2)9-5-6-11-21-17)14-8-7-13(20-3)12-15(14)18/h7-8,12,16,19H,4-6,9-11H2,1-3H3. The molecule has 21 heavy (non-hydrogen) atoms.